The summed E-state index contributed by atoms with van der Waals surface area (Å²) in [6.07, 6.45) is 12.6. The van der Waals surface area contributed by atoms with Gasteiger partial charge in [0.1, 0.15) is 6.10 Å². The van der Waals surface area contributed by atoms with Crippen molar-refractivity contribution in [2.24, 2.45) is 5.41 Å². The molecule has 0 unspecified atom stereocenters. The van der Waals surface area contributed by atoms with Gasteiger partial charge in [-0.3, -0.25) is 0 Å². The summed E-state index contributed by atoms with van der Waals surface area (Å²) < 4.78 is 5.72. The van der Waals surface area contributed by atoms with E-state index in [9.17, 15) is 10.1 Å². The molecule has 1 aromatic carbocycles. The van der Waals surface area contributed by atoms with E-state index in [0.29, 0.717) is 5.56 Å². The first-order valence-electron chi connectivity index (χ1n) is 10.8. The Morgan fingerprint density at radius 3 is 2.33 bits per heavy atom. The number of hydrogen-bond donors (Lipinski definition) is 0. The predicted octanol–water partition coefficient (Wildman–Crippen LogP) is 6.61. The topological polar surface area (TPSA) is 50.1 Å². The van der Waals surface area contributed by atoms with Gasteiger partial charge < -0.3 is 4.74 Å². The predicted molar refractivity (Wildman–Crippen MR) is 110 cm³/mol. The number of nitriles is 1. The molecule has 1 aromatic rings. The Morgan fingerprint density at radius 2 is 1.74 bits per heavy atom. The first-order chi connectivity index (χ1) is 13.1. The van der Waals surface area contributed by atoms with Crippen molar-refractivity contribution < 1.29 is 9.53 Å². The minimum absolute atomic E-state index is 0.0469. The highest BCUT2D eigenvalue weighted by molar-refractivity contribution is 5.89. The summed E-state index contributed by atoms with van der Waals surface area (Å²) in [4.78, 5) is 12.4. The van der Waals surface area contributed by atoms with E-state index >= 15 is 0 Å². The van der Waals surface area contributed by atoms with Gasteiger partial charge in [0.05, 0.1) is 17.0 Å². The Morgan fingerprint density at radius 1 is 1.07 bits per heavy atom. The lowest BCUT2D eigenvalue weighted by molar-refractivity contribution is 0.0105. The molecule has 1 saturated carbocycles. The van der Waals surface area contributed by atoms with E-state index in [2.05, 4.69) is 19.9 Å². The average Bonchev–Trinajstić information content (AvgIpc) is 2.70. The van der Waals surface area contributed by atoms with Crippen molar-refractivity contribution >= 4 is 5.97 Å². The molecule has 1 fully saturated rings. The van der Waals surface area contributed by atoms with Crippen LogP contribution in [0.4, 0.5) is 0 Å². The number of unbranched alkanes of at least 4 members (excludes halogenated alkanes) is 4. The first-order valence-corrected chi connectivity index (χ1v) is 10.8. The highest BCUT2D eigenvalue weighted by atomic mass is 16.5. The Balaban J connectivity index is 1.78. The molecule has 2 rings (SSSR count). The molecule has 0 heterocycles. The summed E-state index contributed by atoms with van der Waals surface area (Å²) in [7, 11) is 0. The van der Waals surface area contributed by atoms with Gasteiger partial charge in [-0.25, -0.2) is 4.79 Å². The molecule has 0 atom stereocenters. The number of rotatable bonds is 10. The average molecular weight is 370 g/mol. The van der Waals surface area contributed by atoms with Crippen molar-refractivity contribution in [2.45, 2.75) is 97.0 Å². The Labute approximate surface area is 165 Å². The van der Waals surface area contributed by atoms with Crippen LogP contribution in [-0.2, 0) is 11.2 Å². The van der Waals surface area contributed by atoms with Crippen LogP contribution in [-0.4, -0.2) is 12.1 Å². The quantitative estimate of drug-likeness (QED) is 0.344. The van der Waals surface area contributed by atoms with Crippen molar-refractivity contribution in [3.8, 4) is 6.07 Å². The van der Waals surface area contributed by atoms with E-state index < -0.39 is 0 Å². The molecule has 0 amide bonds. The van der Waals surface area contributed by atoms with E-state index in [1.165, 1.54) is 31.2 Å². The van der Waals surface area contributed by atoms with Gasteiger partial charge in [0.15, 0.2) is 0 Å². The summed E-state index contributed by atoms with van der Waals surface area (Å²) in [5.74, 6) is -0.230. The number of carbonyl (C=O) groups is 1. The Hall–Kier alpha value is -1.82. The fourth-order valence-corrected chi connectivity index (χ4v) is 4.06. The zero-order valence-corrected chi connectivity index (χ0v) is 17.1. The lowest BCUT2D eigenvalue weighted by Crippen LogP contribution is -2.31. The van der Waals surface area contributed by atoms with Gasteiger partial charge in [-0.05, 0) is 56.2 Å². The first kappa shape index (κ1) is 21.5. The van der Waals surface area contributed by atoms with Gasteiger partial charge in [0.25, 0.3) is 0 Å². The van der Waals surface area contributed by atoms with E-state index in [0.717, 1.165) is 51.4 Å². The molecule has 0 aliphatic heterocycles. The van der Waals surface area contributed by atoms with Crippen LogP contribution in [0.3, 0.4) is 0 Å². The van der Waals surface area contributed by atoms with Crippen molar-refractivity contribution in [3.63, 3.8) is 0 Å². The molecule has 0 radical (unpaired) electrons. The zero-order chi connectivity index (χ0) is 19.5. The molecule has 0 saturated heterocycles. The maximum absolute atomic E-state index is 12.4. The smallest absolute Gasteiger partial charge is 0.338 e. The molecule has 1 aliphatic carbocycles. The number of aryl methyl sites for hydroxylation is 1. The number of esters is 1. The summed E-state index contributed by atoms with van der Waals surface area (Å²) >= 11 is 0. The van der Waals surface area contributed by atoms with Gasteiger partial charge in [0.2, 0.25) is 0 Å². The third-order valence-corrected chi connectivity index (χ3v) is 5.89. The molecular weight excluding hydrogens is 334 g/mol. The minimum Gasteiger partial charge on any atom is -0.459 e. The second-order valence-electron chi connectivity index (χ2n) is 8.11. The van der Waals surface area contributed by atoms with Crippen molar-refractivity contribution in [1.82, 2.24) is 0 Å². The van der Waals surface area contributed by atoms with Gasteiger partial charge >= 0.3 is 5.97 Å². The van der Waals surface area contributed by atoms with Crippen LogP contribution in [0.1, 0.15) is 100 Å². The van der Waals surface area contributed by atoms with E-state index in [1.807, 2.05) is 24.3 Å². The van der Waals surface area contributed by atoms with E-state index in [4.69, 9.17) is 4.74 Å². The number of hydrogen-bond acceptors (Lipinski definition) is 3. The summed E-state index contributed by atoms with van der Waals surface area (Å²) in [6, 6.07) is 10.4. The second kappa shape index (κ2) is 11.1. The molecule has 0 N–H and O–H groups in total. The molecule has 1 aliphatic rings. The lowest BCUT2D eigenvalue weighted by Gasteiger charge is -2.34. The standard InChI is InChI=1S/C24H35NO2/c1-3-5-6-7-8-16-24(19-25)17-14-22(15-18-24)27-23(26)21-12-10-20(9-4-2)11-13-21/h10-13,22H,3-9,14-18H2,1-2H3/t22-,24-. The maximum atomic E-state index is 12.4. The van der Waals surface area contributed by atoms with Crippen LogP contribution in [0, 0.1) is 16.7 Å². The molecule has 27 heavy (non-hydrogen) atoms. The second-order valence-corrected chi connectivity index (χ2v) is 8.11. The van der Waals surface area contributed by atoms with Crippen molar-refractivity contribution in [1.29, 1.82) is 5.26 Å². The Kier molecular flexibility index (Phi) is 8.85. The van der Waals surface area contributed by atoms with Crippen LogP contribution < -0.4 is 0 Å². The number of carbonyl (C=O) groups excluding carboxylic acids is 1. The SMILES string of the molecule is CCCCCCC[C@]1(C#N)CC[C@H](OC(=O)c2ccc(CCC)cc2)CC1. The van der Waals surface area contributed by atoms with Crippen molar-refractivity contribution in [3.05, 3.63) is 35.4 Å². The molecular formula is C24H35NO2. The molecule has 0 bridgehead atoms. The lowest BCUT2D eigenvalue weighted by atomic mass is 9.71. The van der Waals surface area contributed by atoms with Gasteiger partial charge in [-0.15, -0.1) is 0 Å². The van der Waals surface area contributed by atoms with Crippen LogP contribution in [0.5, 0.6) is 0 Å². The third kappa shape index (κ3) is 6.69. The summed E-state index contributed by atoms with van der Waals surface area (Å²) in [5.41, 5.74) is 1.68. The minimum atomic E-state index is -0.230. The van der Waals surface area contributed by atoms with Crippen LogP contribution in [0.25, 0.3) is 0 Å². The largest absolute Gasteiger partial charge is 0.459 e. The number of nitrogens with zero attached hydrogens (tertiary/aromatic N) is 1. The maximum Gasteiger partial charge on any atom is 0.338 e. The fourth-order valence-electron chi connectivity index (χ4n) is 4.06. The van der Waals surface area contributed by atoms with Crippen LogP contribution in [0.2, 0.25) is 0 Å². The third-order valence-electron chi connectivity index (χ3n) is 5.89. The van der Waals surface area contributed by atoms with E-state index in [-0.39, 0.29) is 17.5 Å². The van der Waals surface area contributed by atoms with Crippen LogP contribution in [0.15, 0.2) is 24.3 Å². The zero-order valence-electron chi connectivity index (χ0n) is 17.1. The molecule has 3 heteroatoms. The molecule has 0 spiro atoms. The van der Waals surface area contributed by atoms with Gasteiger partial charge in [-0.1, -0.05) is 64.5 Å². The fraction of sp³-hybridized carbons (Fsp3) is 0.667. The molecule has 3 nitrogen and oxygen atoms in total. The van der Waals surface area contributed by atoms with Gasteiger partial charge in [0, 0.05) is 0 Å². The summed E-state index contributed by atoms with van der Waals surface area (Å²) in [6.45, 7) is 4.37. The monoisotopic (exact) mass is 369 g/mol. The van der Waals surface area contributed by atoms with Crippen LogP contribution >= 0.6 is 0 Å². The summed E-state index contributed by atoms with van der Waals surface area (Å²) in [5, 5.41) is 9.70. The van der Waals surface area contributed by atoms with Crippen molar-refractivity contribution in [2.75, 3.05) is 0 Å². The highest BCUT2D eigenvalue weighted by Gasteiger charge is 2.36. The van der Waals surface area contributed by atoms with Gasteiger partial charge in [-0.2, -0.15) is 5.26 Å². The number of benzene rings is 1. The molecule has 0 aromatic heterocycles. The Bertz CT molecular complexity index is 606. The highest BCUT2D eigenvalue weighted by Crippen LogP contribution is 2.41. The normalized spacial score (nSPS) is 22.2. The van der Waals surface area contributed by atoms with E-state index in [1.54, 1.807) is 0 Å². The molecule has 148 valence electrons. The number of ether oxygens (including phenoxy) is 1.